The zero-order chi connectivity index (χ0) is 17.9. The third kappa shape index (κ3) is 4.51. The predicted octanol–water partition coefficient (Wildman–Crippen LogP) is 4.58. The summed E-state index contributed by atoms with van der Waals surface area (Å²) in [6, 6.07) is 0. The molecule has 130 valence electrons. The summed E-state index contributed by atoms with van der Waals surface area (Å²) in [5.74, 6) is -13.1. The van der Waals surface area contributed by atoms with E-state index < -0.39 is 36.9 Å². The second-order valence-corrected chi connectivity index (χ2v) is 2.99. The molecule has 0 rings (SSSR count). The van der Waals surface area contributed by atoms with Gasteiger partial charge in [0.2, 0.25) is 0 Å². The Hall–Kier alpha value is -0.950. The van der Waals surface area contributed by atoms with Crippen molar-refractivity contribution in [1.29, 1.82) is 0 Å². The SMILES string of the molecule is CF.FC(F)C(F)(OC(F)(C(F)F)C(F)(F)F)C(F)(F)F. The van der Waals surface area contributed by atoms with E-state index in [1.165, 1.54) is 0 Å². The summed E-state index contributed by atoms with van der Waals surface area (Å²) < 4.78 is 154. The minimum absolute atomic E-state index is 0.500. The number of alkyl halides is 13. The third-order valence-corrected chi connectivity index (χ3v) is 1.63. The normalized spacial score (nSPS) is 18.9. The lowest BCUT2D eigenvalue weighted by molar-refractivity contribution is -0.470. The van der Waals surface area contributed by atoms with E-state index in [9.17, 15) is 57.1 Å². The van der Waals surface area contributed by atoms with E-state index in [-0.39, 0.29) is 0 Å². The highest BCUT2D eigenvalue weighted by Gasteiger charge is 2.75. The molecule has 0 aromatic heterocycles. The lowest BCUT2D eigenvalue weighted by atomic mass is 10.2. The van der Waals surface area contributed by atoms with Gasteiger partial charge in [0.25, 0.3) is 0 Å². The number of halogens is 13. The topological polar surface area (TPSA) is 9.23 Å². The molecule has 0 heterocycles. The van der Waals surface area contributed by atoms with Crippen molar-refractivity contribution < 1.29 is 61.8 Å². The van der Waals surface area contributed by atoms with Crippen LogP contribution in [0.3, 0.4) is 0 Å². The van der Waals surface area contributed by atoms with Crippen LogP contribution in [0.2, 0.25) is 0 Å². The monoisotopic (exact) mass is 352 g/mol. The Bertz CT molecular complexity index is 279. The standard InChI is InChI=1S/C6H2F12O.CH3F/c7-1(8)3(11,5(13,14)15)19-4(12,2(9)10)6(16,17)18;1-2/h1-2H;1H3. The number of ether oxygens (including phenoxy) is 1. The Morgan fingerprint density at radius 3 is 0.857 bits per heavy atom. The fourth-order valence-corrected chi connectivity index (χ4v) is 0.668. The van der Waals surface area contributed by atoms with Crippen molar-refractivity contribution in [3.05, 3.63) is 0 Å². The summed E-state index contributed by atoms with van der Waals surface area (Å²) in [5, 5.41) is 0. The molecule has 0 aromatic rings. The quantitative estimate of drug-likeness (QED) is 0.674. The summed E-state index contributed by atoms with van der Waals surface area (Å²) >= 11 is 0. The van der Waals surface area contributed by atoms with Crippen LogP contribution in [0.1, 0.15) is 0 Å². The van der Waals surface area contributed by atoms with Crippen molar-refractivity contribution in [2.24, 2.45) is 0 Å². The molecule has 2 atom stereocenters. The molecule has 0 aliphatic carbocycles. The summed E-state index contributed by atoms with van der Waals surface area (Å²) in [6.07, 6.45) is -24.5. The average Bonchev–Trinajstić information content (AvgIpc) is 2.27. The smallest absolute Gasteiger partial charge is 0.285 e. The minimum atomic E-state index is -6.88. The lowest BCUT2D eigenvalue weighted by Crippen LogP contribution is -2.61. The Balaban J connectivity index is 0. The van der Waals surface area contributed by atoms with Gasteiger partial charge >= 0.3 is 36.9 Å². The molecule has 0 amide bonds. The highest BCUT2D eigenvalue weighted by atomic mass is 19.4. The molecule has 0 spiro atoms. The summed E-state index contributed by atoms with van der Waals surface area (Å²) in [6.45, 7) is 0. The first-order valence-electron chi connectivity index (χ1n) is 4.25. The molecule has 0 aromatic carbocycles. The molecule has 0 bridgehead atoms. The van der Waals surface area contributed by atoms with Crippen LogP contribution in [-0.4, -0.2) is 44.1 Å². The Morgan fingerprint density at radius 2 is 0.762 bits per heavy atom. The van der Waals surface area contributed by atoms with Crippen molar-refractivity contribution in [2.75, 3.05) is 7.18 Å². The van der Waals surface area contributed by atoms with Crippen LogP contribution < -0.4 is 0 Å². The predicted molar refractivity (Wildman–Crippen MR) is 39.9 cm³/mol. The van der Waals surface area contributed by atoms with Crippen molar-refractivity contribution in [3.8, 4) is 0 Å². The summed E-state index contributed by atoms with van der Waals surface area (Å²) in [5.41, 5.74) is 0. The molecule has 0 N–H and O–H groups in total. The number of hydrogen-bond acceptors (Lipinski definition) is 1. The third-order valence-electron chi connectivity index (χ3n) is 1.63. The molecule has 0 aliphatic heterocycles. The van der Waals surface area contributed by atoms with Gasteiger partial charge in [-0.3, -0.25) is 9.13 Å². The molecule has 0 fully saturated rings. The van der Waals surface area contributed by atoms with Crippen LogP contribution in [0.5, 0.6) is 0 Å². The van der Waals surface area contributed by atoms with E-state index in [4.69, 9.17) is 0 Å². The van der Waals surface area contributed by atoms with E-state index in [1.807, 2.05) is 0 Å². The van der Waals surface area contributed by atoms with Crippen LogP contribution in [0, 0.1) is 0 Å². The maximum atomic E-state index is 12.6. The molecular formula is C7H5F13O. The summed E-state index contributed by atoms with van der Waals surface area (Å²) in [4.78, 5) is 0. The van der Waals surface area contributed by atoms with Gasteiger partial charge in [-0.05, 0) is 0 Å². The maximum absolute atomic E-state index is 12.6. The van der Waals surface area contributed by atoms with Gasteiger partial charge < -0.3 is 0 Å². The van der Waals surface area contributed by atoms with Gasteiger partial charge in [-0.2, -0.15) is 35.1 Å². The van der Waals surface area contributed by atoms with Crippen molar-refractivity contribution in [3.63, 3.8) is 0 Å². The van der Waals surface area contributed by atoms with E-state index in [1.54, 1.807) is 4.74 Å². The first-order chi connectivity index (χ1) is 9.09. The molecule has 0 saturated carbocycles. The van der Waals surface area contributed by atoms with Crippen LogP contribution in [0.4, 0.5) is 57.1 Å². The lowest BCUT2D eigenvalue weighted by Gasteiger charge is -2.35. The van der Waals surface area contributed by atoms with Gasteiger partial charge in [0.1, 0.15) is 0 Å². The van der Waals surface area contributed by atoms with E-state index in [2.05, 4.69) is 0 Å². The highest BCUT2D eigenvalue weighted by molar-refractivity contribution is 4.89. The molecule has 2 unspecified atom stereocenters. The number of rotatable bonds is 4. The highest BCUT2D eigenvalue weighted by Crippen LogP contribution is 2.49. The fraction of sp³-hybridized carbons (Fsp3) is 1.00. The molecule has 1 nitrogen and oxygen atoms in total. The van der Waals surface area contributed by atoms with Crippen LogP contribution in [0.15, 0.2) is 0 Å². The molecule has 14 heteroatoms. The van der Waals surface area contributed by atoms with Crippen LogP contribution in [0.25, 0.3) is 0 Å². The van der Waals surface area contributed by atoms with Gasteiger partial charge in [0.05, 0.1) is 7.18 Å². The second-order valence-electron chi connectivity index (χ2n) is 2.99. The molecule has 21 heavy (non-hydrogen) atoms. The van der Waals surface area contributed by atoms with Gasteiger partial charge in [-0.25, -0.2) is 17.6 Å². The first kappa shape index (κ1) is 22.3. The van der Waals surface area contributed by atoms with Crippen LogP contribution in [-0.2, 0) is 4.74 Å². The molecule has 0 saturated heterocycles. The number of hydrogen-bond donors (Lipinski definition) is 0. The first-order valence-corrected chi connectivity index (χ1v) is 4.25. The Kier molecular flexibility index (Phi) is 7.31. The van der Waals surface area contributed by atoms with Gasteiger partial charge in [-0.1, -0.05) is 0 Å². The van der Waals surface area contributed by atoms with E-state index >= 15 is 0 Å². The van der Waals surface area contributed by atoms with Gasteiger partial charge in [0, 0.05) is 0 Å². The fourth-order valence-electron chi connectivity index (χ4n) is 0.668. The van der Waals surface area contributed by atoms with Crippen molar-refractivity contribution >= 4 is 0 Å². The zero-order valence-corrected chi connectivity index (χ0v) is 9.48. The van der Waals surface area contributed by atoms with Crippen molar-refractivity contribution in [1.82, 2.24) is 0 Å². The van der Waals surface area contributed by atoms with E-state index in [0.717, 1.165) is 0 Å². The Morgan fingerprint density at radius 1 is 0.571 bits per heavy atom. The van der Waals surface area contributed by atoms with Crippen LogP contribution >= 0.6 is 0 Å². The molecule has 0 radical (unpaired) electrons. The van der Waals surface area contributed by atoms with Gasteiger partial charge in [0.15, 0.2) is 0 Å². The average molecular weight is 352 g/mol. The zero-order valence-electron chi connectivity index (χ0n) is 9.48. The largest absolute Gasteiger partial charge is 0.454 e. The summed E-state index contributed by atoms with van der Waals surface area (Å²) in [7, 11) is 0.500. The van der Waals surface area contributed by atoms with Gasteiger partial charge in [-0.15, -0.1) is 0 Å². The van der Waals surface area contributed by atoms with E-state index in [0.29, 0.717) is 7.18 Å². The molecular weight excluding hydrogens is 347 g/mol. The second kappa shape index (κ2) is 6.87. The Labute approximate surface area is 107 Å². The van der Waals surface area contributed by atoms with Crippen molar-refractivity contribution in [2.45, 2.75) is 36.9 Å². The minimum Gasteiger partial charge on any atom is -0.285 e. The molecule has 0 aliphatic rings. The maximum Gasteiger partial charge on any atom is 0.454 e.